The number of fused-ring (bicyclic) bond motifs is 2. The third-order valence-electron chi connectivity index (χ3n) is 8.52. The van der Waals surface area contributed by atoms with Crippen LogP contribution < -0.4 is 4.90 Å². The topological polar surface area (TPSA) is 53.0 Å². The van der Waals surface area contributed by atoms with E-state index in [0.717, 1.165) is 45.4 Å². The summed E-state index contributed by atoms with van der Waals surface area (Å²) < 4.78 is 5.83. The van der Waals surface area contributed by atoms with Gasteiger partial charge in [-0.15, -0.1) is 0 Å². The molecular formula is C25H34N2O3. The Hall–Kier alpha value is -1.85. The van der Waals surface area contributed by atoms with Gasteiger partial charge in [0, 0.05) is 56.2 Å². The third kappa shape index (κ3) is 3.18. The maximum Gasteiger partial charge on any atom is 0.311 e. The van der Waals surface area contributed by atoms with Crippen molar-refractivity contribution >= 4 is 11.7 Å². The zero-order valence-electron chi connectivity index (χ0n) is 18.2. The molecule has 1 N–H and O–H groups in total. The van der Waals surface area contributed by atoms with Crippen molar-refractivity contribution in [3.8, 4) is 0 Å². The van der Waals surface area contributed by atoms with E-state index in [2.05, 4.69) is 54.0 Å². The minimum atomic E-state index is -0.514. The molecular weight excluding hydrogens is 376 g/mol. The number of aliphatic hydroxyl groups is 1. The van der Waals surface area contributed by atoms with Crippen molar-refractivity contribution in [2.24, 2.45) is 23.2 Å². The van der Waals surface area contributed by atoms with Gasteiger partial charge in [0.25, 0.3) is 0 Å². The molecule has 2 saturated heterocycles. The van der Waals surface area contributed by atoms with E-state index in [1.165, 1.54) is 11.3 Å². The lowest BCUT2D eigenvalue weighted by Gasteiger charge is -2.52. The molecule has 1 aromatic rings. The number of para-hydroxylation sites is 1. The summed E-state index contributed by atoms with van der Waals surface area (Å²) in [5.41, 5.74) is 2.34. The van der Waals surface area contributed by atoms with Crippen LogP contribution in [0.2, 0.25) is 0 Å². The zero-order chi connectivity index (χ0) is 20.9. The molecule has 0 aromatic heterocycles. The van der Waals surface area contributed by atoms with Crippen LogP contribution in [0.3, 0.4) is 0 Å². The number of carbonyl (C=O) groups excluding carboxylic acids is 1. The van der Waals surface area contributed by atoms with Gasteiger partial charge in [0.1, 0.15) is 6.10 Å². The molecule has 162 valence electrons. The van der Waals surface area contributed by atoms with Gasteiger partial charge in [0.2, 0.25) is 0 Å². The highest BCUT2D eigenvalue weighted by atomic mass is 16.6. The van der Waals surface area contributed by atoms with Crippen LogP contribution in [0.5, 0.6) is 0 Å². The molecule has 5 nitrogen and oxygen atoms in total. The van der Waals surface area contributed by atoms with E-state index >= 15 is 0 Å². The summed E-state index contributed by atoms with van der Waals surface area (Å²) in [6.07, 6.45) is 4.59. The van der Waals surface area contributed by atoms with E-state index in [4.69, 9.17) is 4.74 Å². The molecule has 1 saturated carbocycles. The molecule has 2 aliphatic heterocycles. The number of esters is 1. The molecule has 30 heavy (non-hydrogen) atoms. The van der Waals surface area contributed by atoms with Crippen molar-refractivity contribution in [2.45, 2.75) is 45.3 Å². The number of carbonyl (C=O) groups is 1. The lowest BCUT2D eigenvalue weighted by Crippen LogP contribution is -2.55. The van der Waals surface area contributed by atoms with Gasteiger partial charge < -0.3 is 14.7 Å². The van der Waals surface area contributed by atoms with Gasteiger partial charge in [-0.2, -0.15) is 0 Å². The molecule has 4 aliphatic rings. The lowest BCUT2D eigenvalue weighted by molar-refractivity contribution is -0.145. The summed E-state index contributed by atoms with van der Waals surface area (Å²) in [6.45, 7) is 8.96. The van der Waals surface area contributed by atoms with Crippen LogP contribution in [-0.2, 0) is 9.53 Å². The number of anilines is 1. The molecule has 5 heteroatoms. The summed E-state index contributed by atoms with van der Waals surface area (Å²) in [6, 6.07) is 10.5. The second-order valence-corrected chi connectivity index (χ2v) is 9.92. The molecule has 0 unspecified atom stereocenters. The number of nitrogens with zero attached hydrogens (tertiary/aromatic N) is 2. The van der Waals surface area contributed by atoms with Crippen molar-refractivity contribution in [2.75, 3.05) is 37.6 Å². The second kappa shape index (κ2) is 7.69. The molecule has 1 aromatic carbocycles. The van der Waals surface area contributed by atoms with Crippen LogP contribution in [0.15, 0.2) is 42.0 Å². The maximum atomic E-state index is 12.8. The summed E-state index contributed by atoms with van der Waals surface area (Å²) >= 11 is 0. The fourth-order valence-corrected chi connectivity index (χ4v) is 6.38. The van der Waals surface area contributed by atoms with E-state index in [-0.39, 0.29) is 29.3 Å². The smallest absolute Gasteiger partial charge is 0.311 e. The number of piperazine rings is 1. The molecule has 2 heterocycles. The van der Waals surface area contributed by atoms with E-state index in [1.54, 1.807) is 0 Å². The minimum absolute atomic E-state index is 0.0904. The highest BCUT2D eigenvalue weighted by Crippen LogP contribution is 2.56. The normalized spacial score (nSPS) is 39.2. The first-order valence-electron chi connectivity index (χ1n) is 11.6. The highest BCUT2D eigenvalue weighted by Gasteiger charge is 2.59. The number of hydrogen-bond donors (Lipinski definition) is 1. The van der Waals surface area contributed by atoms with Gasteiger partial charge in [0.05, 0.1) is 12.0 Å². The quantitative estimate of drug-likeness (QED) is 0.613. The Kier molecular flexibility index (Phi) is 5.14. The van der Waals surface area contributed by atoms with Crippen molar-refractivity contribution in [1.29, 1.82) is 0 Å². The average molecular weight is 411 g/mol. The second-order valence-electron chi connectivity index (χ2n) is 9.92. The zero-order valence-corrected chi connectivity index (χ0v) is 18.2. The van der Waals surface area contributed by atoms with Gasteiger partial charge >= 0.3 is 5.97 Å². The Balaban J connectivity index is 1.28. The summed E-state index contributed by atoms with van der Waals surface area (Å²) in [4.78, 5) is 17.6. The SMILES string of the molecule is C[C@@H]1CCC=C2C[C@H]3OC(=O)[C@H](CN4CCN(c5ccccc5)CC4)[C@@H]3[C@H](O)[C@@]21C. The van der Waals surface area contributed by atoms with Gasteiger partial charge in [-0.05, 0) is 30.9 Å². The molecule has 0 spiro atoms. The van der Waals surface area contributed by atoms with Gasteiger partial charge in [-0.25, -0.2) is 0 Å². The molecule has 2 aliphatic carbocycles. The summed E-state index contributed by atoms with van der Waals surface area (Å²) in [5.74, 6) is 0.0115. The molecule has 0 bridgehead atoms. The van der Waals surface area contributed by atoms with Crippen molar-refractivity contribution in [3.05, 3.63) is 42.0 Å². The predicted octanol–water partition coefficient (Wildman–Crippen LogP) is 3.09. The Labute approximate surface area is 179 Å². The first-order chi connectivity index (χ1) is 14.5. The number of ether oxygens (including phenoxy) is 1. The van der Waals surface area contributed by atoms with Crippen LogP contribution in [0.25, 0.3) is 0 Å². The minimum Gasteiger partial charge on any atom is -0.461 e. The van der Waals surface area contributed by atoms with Crippen molar-refractivity contribution in [1.82, 2.24) is 4.90 Å². The number of benzene rings is 1. The molecule has 0 radical (unpaired) electrons. The van der Waals surface area contributed by atoms with Gasteiger partial charge in [0.15, 0.2) is 0 Å². The molecule has 3 fully saturated rings. The summed E-state index contributed by atoms with van der Waals surface area (Å²) in [5, 5.41) is 11.5. The van der Waals surface area contributed by atoms with E-state index in [0.29, 0.717) is 12.5 Å². The van der Waals surface area contributed by atoms with Gasteiger partial charge in [-0.1, -0.05) is 43.7 Å². The van der Waals surface area contributed by atoms with Crippen molar-refractivity contribution < 1.29 is 14.6 Å². The fourth-order valence-electron chi connectivity index (χ4n) is 6.38. The van der Waals surface area contributed by atoms with Crippen LogP contribution in [-0.4, -0.2) is 60.9 Å². The Morgan fingerprint density at radius 2 is 1.90 bits per heavy atom. The Morgan fingerprint density at radius 1 is 1.17 bits per heavy atom. The number of rotatable bonds is 3. The standard InChI is InChI=1S/C25H34N2O3/c1-17-7-6-8-18-15-21-22(23(28)25(17,18)2)20(24(29)30-21)16-26-11-13-27(14-12-26)19-9-4-3-5-10-19/h3-5,8-10,17,20-23,28H,6-7,11-16H2,1-2H3/t17-,20-,21-,22+,23+,25-/m1/s1. The predicted molar refractivity (Wildman–Crippen MR) is 117 cm³/mol. The lowest BCUT2D eigenvalue weighted by atomic mass is 9.55. The molecule has 5 rings (SSSR count). The Morgan fingerprint density at radius 3 is 2.63 bits per heavy atom. The van der Waals surface area contributed by atoms with Crippen LogP contribution >= 0.6 is 0 Å². The van der Waals surface area contributed by atoms with Gasteiger partial charge in [-0.3, -0.25) is 9.69 Å². The highest BCUT2D eigenvalue weighted by molar-refractivity contribution is 5.76. The third-order valence-corrected chi connectivity index (χ3v) is 8.52. The molecule has 0 amide bonds. The molecule has 6 atom stereocenters. The average Bonchev–Trinajstić information content (AvgIpc) is 3.07. The van der Waals surface area contributed by atoms with Crippen molar-refractivity contribution in [3.63, 3.8) is 0 Å². The Bertz CT molecular complexity index is 817. The number of hydrogen-bond acceptors (Lipinski definition) is 5. The van der Waals surface area contributed by atoms with E-state index in [1.807, 2.05) is 6.07 Å². The van der Waals surface area contributed by atoms with Crippen LogP contribution in [0.4, 0.5) is 5.69 Å². The fraction of sp³-hybridized carbons (Fsp3) is 0.640. The largest absolute Gasteiger partial charge is 0.461 e. The van der Waals surface area contributed by atoms with Crippen LogP contribution in [0.1, 0.15) is 33.1 Å². The first-order valence-corrected chi connectivity index (χ1v) is 11.6. The monoisotopic (exact) mass is 410 g/mol. The maximum absolute atomic E-state index is 12.8. The first kappa shape index (κ1) is 20.1. The number of aliphatic hydroxyl groups excluding tert-OH is 1. The van der Waals surface area contributed by atoms with Crippen LogP contribution in [0, 0.1) is 23.2 Å². The number of allylic oxidation sites excluding steroid dienone is 1. The van der Waals surface area contributed by atoms with E-state index < -0.39 is 6.10 Å². The van der Waals surface area contributed by atoms with E-state index in [9.17, 15) is 9.90 Å². The summed E-state index contributed by atoms with van der Waals surface area (Å²) in [7, 11) is 0.